The zero-order chi connectivity index (χ0) is 26.0. The fraction of sp³-hybridized carbons (Fsp3) is 0.0556. The van der Waals surface area contributed by atoms with E-state index in [1.807, 2.05) is 12.3 Å². The van der Waals surface area contributed by atoms with Gasteiger partial charge in [0.05, 0.1) is 29.0 Å². The van der Waals surface area contributed by atoms with E-state index in [2.05, 4.69) is 137 Å². The van der Waals surface area contributed by atoms with Gasteiger partial charge in [-0.25, -0.2) is 0 Å². The van der Waals surface area contributed by atoms with Crippen molar-refractivity contribution in [2.45, 2.75) is 13.0 Å². The van der Waals surface area contributed by atoms with E-state index in [0.717, 1.165) is 23.4 Å². The van der Waals surface area contributed by atoms with Gasteiger partial charge in [0.25, 0.3) is 0 Å². The summed E-state index contributed by atoms with van der Waals surface area (Å²) in [6, 6.07) is 44.7. The van der Waals surface area contributed by atoms with Crippen LogP contribution in [-0.2, 0) is 6.54 Å². The van der Waals surface area contributed by atoms with Crippen LogP contribution in [0.4, 0.5) is 5.69 Å². The lowest BCUT2D eigenvalue weighted by molar-refractivity contribution is 1.08. The number of aromatic nitrogens is 1. The number of allylic oxidation sites excluding steroid dienone is 2. The summed E-state index contributed by atoms with van der Waals surface area (Å²) < 4.78 is 2.35. The van der Waals surface area contributed by atoms with Gasteiger partial charge in [0.1, 0.15) is 0 Å². The molecule has 0 aliphatic carbocycles. The molecule has 3 heteroatoms. The Morgan fingerprint density at radius 3 is 2.28 bits per heavy atom. The van der Waals surface area contributed by atoms with Gasteiger partial charge in [0, 0.05) is 34.7 Å². The molecule has 0 saturated carbocycles. The molecular weight excluding hydrogens is 474 g/mol. The van der Waals surface area contributed by atoms with Crippen LogP contribution in [-0.4, -0.2) is 16.5 Å². The highest BCUT2D eigenvalue weighted by atomic mass is 15.0. The minimum absolute atomic E-state index is 0.676. The highest BCUT2D eigenvalue weighted by Gasteiger charge is 2.19. The maximum absolute atomic E-state index is 5.12. The molecule has 1 aromatic heterocycles. The average Bonchev–Trinajstić information content (AvgIpc) is 3.34. The number of nitrogens with zero attached hydrogens (tertiary/aromatic N) is 3. The SMILES string of the molecule is C(/C=C1\CC(c2ccc3c(c2)c2ccccc2n3-c2ccccc2)=Nc2ccccc21)=NCc1ccccc1. The third-order valence-electron chi connectivity index (χ3n) is 7.38. The average molecular weight is 502 g/mol. The quantitative estimate of drug-likeness (QED) is 0.211. The standard InChI is InChI=1S/C36H27N3/c1-3-11-26(12-4-1)25-37-22-21-27-24-34(38-33-17-9-7-15-30(27)33)28-19-20-36-32(23-28)31-16-8-10-18-35(31)39(36)29-13-5-2-6-14-29/h1-23H,24-25H2/b27-21+,37-22?. The lowest BCUT2D eigenvalue weighted by atomic mass is 9.91. The van der Waals surface area contributed by atoms with E-state index >= 15 is 0 Å². The van der Waals surface area contributed by atoms with E-state index < -0.39 is 0 Å². The van der Waals surface area contributed by atoms with Crippen LogP contribution in [0, 0.1) is 0 Å². The molecule has 0 atom stereocenters. The monoisotopic (exact) mass is 501 g/mol. The topological polar surface area (TPSA) is 29.6 Å². The molecule has 1 aliphatic heterocycles. The molecule has 0 unspecified atom stereocenters. The Hall–Kier alpha value is -5.02. The van der Waals surface area contributed by atoms with Crippen molar-refractivity contribution in [3.63, 3.8) is 0 Å². The predicted molar refractivity (Wildman–Crippen MR) is 165 cm³/mol. The zero-order valence-corrected chi connectivity index (χ0v) is 21.5. The van der Waals surface area contributed by atoms with Crippen molar-refractivity contribution < 1.29 is 0 Å². The van der Waals surface area contributed by atoms with Gasteiger partial charge in [-0.3, -0.25) is 9.98 Å². The fourth-order valence-corrected chi connectivity index (χ4v) is 5.51. The van der Waals surface area contributed by atoms with Crippen LogP contribution in [0.2, 0.25) is 0 Å². The first-order valence-corrected chi connectivity index (χ1v) is 13.3. The van der Waals surface area contributed by atoms with Crippen molar-refractivity contribution >= 4 is 45.0 Å². The maximum atomic E-state index is 5.12. The van der Waals surface area contributed by atoms with Crippen molar-refractivity contribution in [3.8, 4) is 5.69 Å². The number of benzene rings is 5. The second-order valence-electron chi connectivity index (χ2n) is 9.84. The summed E-state index contributed by atoms with van der Waals surface area (Å²) in [4.78, 5) is 9.79. The molecule has 0 spiro atoms. The van der Waals surface area contributed by atoms with Crippen molar-refractivity contribution in [2.24, 2.45) is 9.98 Å². The van der Waals surface area contributed by atoms with E-state index in [1.165, 1.54) is 44.2 Å². The molecule has 0 radical (unpaired) electrons. The van der Waals surface area contributed by atoms with Crippen molar-refractivity contribution in [1.29, 1.82) is 0 Å². The van der Waals surface area contributed by atoms with Crippen LogP contribution in [0.1, 0.15) is 23.1 Å². The summed E-state index contributed by atoms with van der Waals surface area (Å²) in [5.41, 5.74) is 10.4. The number of hydrogen-bond acceptors (Lipinski definition) is 2. The number of para-hydroxylation sites is 3. The molecule has 0 saturated heterocycles. The molecule has 1 aliphatic rings. The van der Waals surface area contributed by atoms with Gasteiger partial charge in [-0.2, -0.15) is 0 Å². The van der Waals surface area contributed by atoms with Gasteiger partial charge < -0.3 is 4.57 Å². The Labute approximate surface area is 228 Å². The molecule has 3 nitrogen and oxygen atoms in total. The van der Waals surface area contributed by atoms with Gasteiger partial charge in [-0.1, -0.05) is 91.0 Å². The highest BCUT2D eigenvalue weighted by Crippen LogP contribution is 2.37. The van der Waals surface area contributed by atoms with Crippen LogP contribution in [0.3, 0.4) is 0 Å². The molecule has 5 aromatic carbocycles. The Kier molecular flexibility index (Phi) is 5.95. The molecule has 0 N–H and O–H groups in total. The van der Waals surface area contributed by atoms with Gasteiger partial charge in [0.2, 0.25) is 0 Å². The summed E-state index contributed by atoms with van der Waals surface area (Å²) in [6.07, 6.45) is 4.85. The molecular formula is C36H27N3. The van der Waals surface area contributed by atoms with Gasteiger partial charge >= 0.3 is 0 Å². The number of fused-ring (bicyclic) bond motifs is 4. The lowest BCUT2D eigenvalue weighted by Crippen LogP contribution is -2.07. The Morgan fingerprint density at radius 2 is 1.41 bits per heavy atom. The molecule has 2 heterocycles. The molecule has 39 heavy (non-hydrogen) atoms. The van der Waals surface area contributed by atoms with Crippen LogP contribution in [0.15, 0.2) is 143 Å². The molecule has 0 amide bonds. The first-order valence-electron chi connectivity index (χ1n) is 13.3. The molecule has 6 aromatic rings. The zero-order valence-electron chi connectivity index (χ0n) is 21.5. The lowest BCUT2D eigenvalue weighted by Gasteiger charge is -2.19. The minimum atomic E-state index is 0.676. The number of hydrogen-bond donors (Lipinski definition) is 0. The van der Waals surface area contributed by atoms with E-state index in [1.54, 1.807) is 0 Å². The summed E-state index contributed by atoms with van der Waals surface area (Å²) >= 11 is 0. The van der Waals surface area contributed by atoms with Crippen molar-refractivity contribution in [2.75, 3.05) is 0 Å². The first kappa shape index (κ1) is 23.1. The van der Waals surface area contributed by atoms with Crippen LogP contribution >= 0.6 is 0 Å². The Bertz CT molecular complexity index is 1890. The summed E-state index contributed by atoms with van der Waals surface area (Å²) in [5, 5.41) is 2.49. The first-order chi connectivity index (χ1) is 19.3. The van der Waals surface area contributed by atoms with Crippen LogP contribution in [0.5, 0.6) is 0 Å². The summed E-state index contributed by atoms with van der Waals surface area (Å²) in [7, 11) is 0. The highest BCUT2D eigenvalue weighted by molar-refractivity contribution is 6.16. The third kappa shape index (κ3) is 4.38. The van der Waals surface area contributed by atoms with E-state index in [4.69, 9.17) is 4.99 Å². The van der Waals surface area contributed by atoms with Crippen LogP contribution in [0.25, 0.3) is 33.1 Å². The largest absolute Gasteiger partial charge is 0.309 e. The fourth-order valence-electron chi connectivity index (χ4n) is 5.51. The van der Waals surface area contributed by atoms with E-state index in [0.29, 0.717) is 6.54 Å². The van der Waals surface area contributed by atoms with Gasteiger partial charge in [-0.05, 0) is 59.2 Å². The second kappa shape index (κ2) is 10.0. The minimum Gasteiger partial charge on any atom is -0.309 e. The predicted octanol–water partition coefficient (Wildman–Crippen LogP) is 8.96. The molecule has 7 rings (SSSR count). The smallest absolute Gasteiger partial charge is 0.0708 e. The Morgan fingerprint density at radius 1 is 0.692 bits per heavy atom. The molecule has 0 fully saturated rings. The number of rotatable bonds is 5. The van der Waals surface area contributed by atoms with Crippen molar-refractivity contribution in [1.82, 2.24) is 4.57 Å². The van der Waals surface area contributed by atoms with Crippen LogP contribution < -0.4 is 0 Å². The molecule has 186 valence electrons. The second-order valence-corrected chi connectivity index (χ2v) is 9.84. The van der Waals surface area contributed by atoms with Gasteiger partial charge in [-0.15, -0.1) is 0 Å². The normalized spacial score (nSPS) is 14.3. The summed E-state index contributed by atoms with van der Waals surface area (Å²) in [5.74, 6) is 0. The Balaban J connectivity index is 1.29. The van der Waals surface area contributed by atoms with E-state index in [-0.39, 0.29) is 0 Å². The van der Waals surface area contributed by atoms with Crippen molar-refractivity contribution in [3.05, 3.63) is 150 Å². The molecule has 0 bridgehead atoms. The third-order valence-corrected chi connectivity index (χ3v) is 7.38. The maximum Gasteiger partial charge on any atom is 0.0708 e. The summed E-state index contributed by atoms with van der Waals surface area (Å²) in [6.45, 7) is 0.676. The van der Waals surface area contributed by atoms with Gasteiger partial charge in [0.15, 0.2) is 0 Å². The van der Waals surface area contributed by atoms with E-state index in [9.17, 15) is 0 Å². The number of aliphatic imine (C=N–C) groups is 2.